The predicted molar refractivity (Wildman–Crippen MR) is 181 cm³/mol. The van der Waals surface area contributed by atoms with Gasteiger partial charge in [0.05, 0.1) is 19.3 Å². The molecule has 0 unspecified atom stereocenters. The number of fused-ring (bicyclic) bond motifs is 5. The van der Waals surface area contributed by atoms with Gasteiger partial charge >= 0.3 is 5.97 Å². The van der Waals surface area contributed by atoms with Gasteiger partial charge in [-0.3, -0.25) is 9.59 Å². The Morgan fingerprint density at radius 1 is 0.979 bits per heavy atom. The molecule has 1 aliphatic heterocycles. The van der Waals surface area contributed by atoms with E-state index < -0.39 is 11.5 Å². The lowest BCUT2D eigenvalue weighted by molar-refractivity contribution is -0.131. The molecule has 9 nitrogen and oxygen atoms in total. The summed E-state index contributed by atoms with van der Waals surface area (Å²) in [6.07, 6.45) is 10.5. The molecule has 0 atom stereocenters. The lowest BCUT2D eigenvalue weighted by Crippen LogP contribution is -2.61. The summed E-state index contributed by atoms with van der Waals surface area (Å²) in [6, 6.07) is 18.9. The average Bonchev–Trinajstić information content (AvgIpc) is 3.27. The van der Waals surface area contributed by atoms with Crippen LogP contribution in [-0.2, 0) is 16.1 Å². The number of nitrogens with zero attached hydrogens (tertiary/aromatic N) is 1. The molecule has 0 saturated heterocycles. The topological polar surface area (TPSA) is 119 Å². The summed E-state index contributed by atoms with van der Waals surface area (Å²) in [5.41, 5.74) is 5.35. The van der Waals surface area contributed by atoms with Crippen LogP contribution in [0.4, 0.5) is 5.69 Å². The van der Waals surface area contributed by atoms with Crippen LogP contribution in [0.1, 0.15) is 78.8 Å². The summed E-state index contributed by atoms with van der Waals surface area (Å²) in [7, 11) is 1.66. The van der Waals surface area contributed by atoms with Gasteiger partial charge < -0.3 is 29.8 Å². The minimum atomic E-state index is -1.03. The predicted octanol–water partition coefficient (Wildman–Crippen LogP) is 7.15. The molecule has 47 heavy (non-hydrogen) atoms. The number of benzene rings is 3. The molecule has 242 valence electrons. The number of carboxylic acid groups (broad SMARTS) is 1. The number of methoxy groups -OCH3 is 1. The monoisotopic (exact) mass is 633 g/mol. The Morgan fingerprint density at radius 2 is 1.77 bits per heavy atom. The number of rotatable bonds is 8. The van der Waals surface area contributed by atoms with E-state index in [2.05, 4.69) is 27.3 Å². The van der Waals surface area contributed by atoms with E-state index in [1.54, 1.807) is 31.4 Å². The van der Waals surface area contributed by atoms with Crippen molar-refractivity contribution < 1.29 is 29.0 Å². The van der Waals surface area contributed by atoms with Crippen LogP contribution in [-0.4, -0.2) is 46.7 Å². The highest BCUT2D eigenvalue weighted by Gasteiger charge is 2.45. The van der Waals surface area contributed by atoms with E-state index in [0.29, 0.717) is 48.7 Å². The van der Waals surface area contributed by atoms with E-state index in [9.17, 15) is 14.4 Å². The van der Waals surface area contributed by atoms with Crippen LogP contribution in [0, 0.1) is 0 Å². The summed E-state index contributed by atoms with van der Waals surface area (Å²) in [5, 5.41) is 16.1. The Labute approximate surface area is 273 Å². The minimum absolute atomic E-state index is 0.257. The smallest absolute Gasteiger partial charge is 0.328 e. The highest BCUT2D eigenvalue weighted by molar-refractivity contribution is 6.06. The molecule has 2 heterocycles. The molecule has 0 bridgehead atoms. The number of ether oxygens (including phenoxy) is 2. The molecule has 0 spiro atoms. The second kappa shape index (κ2) is 12.6. The average molecular weight is 634 g/mol. The van der Waals surface area contributed by atoms with E-state index in [4.69, 9.17) is 14.6 Å². The molecule has 4 aromatic rings. The van der Waals surface area contributed by atoms with E-state index in [0.717, 1.165) is 47.9 Å². The van der Waals surface area contributed by atoms with E-state index in [1.165, 1.54) is 42.0 Å². The van der Waals surface area contributed by atoms with Crippen LogP contribution in [0.5, 0.6) is 11.5 Å². The first-order chi connectivity index (χ1) is 22.8. The van der Waals surface area contributed by atoms with Crippen molar-refractivity contribution in [3.05, 3.63) is 83.4 Å². The van der Waals surface area contributed by atoms with Crippen LogP contribution < -0.4 is 20.1 Å². The molecule has 1 aromatic heterocycles. The zero-order chi connectivity index (χ0) is 32.5. The number of aliphatic carboxylic acids is 1. The minimum Gasteiger partial charge on any atom is -0.497 e. The zero-order valence-electron chi connectivity index (χ0n) is 26.5. The molecular weight excluding hydrogens is 594 g/mol. The number of carbonyl (C=O) groups excluding carboxylic acids is 2. The third kappa shape index (κ3) is 5.86. The highest BCUT2D eigenvalue weighted by atomic mass is 16.5. The van der Waals surface area contributed by atoms with Crippen molar-refractivity contribution >= 4 is 40.4 Å². The van der Waals surface area contributed by atoms with Crippen molar-refractivity contribution in [2.75, 3.05) is 19.0 Å². The second-order valence-electron chi connectivity index (χ2n) is 12.8. The molecule has 3 N–H and O–H groups in total. The molecule has 2 fully saturated rings. The normalized spacial score (nSPS) is 17.1. The SMILES string of the molecule is COc1ccc2c(c1)OCCn1c-2c(C2CCCCC2)c2ccc(C(=O)NC3(C(=O)Nc4ccc(C=CC(=O)O)cc4)CCC3)cc21. The Balaban J connectivity index is 1.19. The fourth-order valence-corrected chi connectivity index (χ4v) is 7.36. The van der Waals surface area contributed by atoms with Gasteiger partial charge in [0.15, 0.2) is 0 Å². The maximum Gasteiger partial charge on any atom is 0.328 e. The Hall–Kier alpha value is -5.05. The van der Waals surface area contributed by atoms with Gasteiger partial charge in [0, 0.05) is 39.9 Å². The van der Waals surface area contributed by atoms with Crippen molar-refractivity contribution in [1.29, 1.82) is 0 Å². The quantitative estimate of drug-likeness (QED) is 0.178. The summed E-state index contributed by atoms with van der Waals surface area (Å²) >= 11 is 0. The summed E-state index contributed by atoms with van der Waals surface area (Å²) < 4.78 is 14.1. The Kier molecular flexibility index (Phi) is 8.22. The summed E-state index contributed by atoms with van der Waals surface area (Å²) in [5.74, 6) is 0.435. The molecule has 9 heteroatoms. The third-order valence-electron chi connectivity index (χ3n) is 9.98. The van der Waals surface area contributed by atoms with Gasteiger partial charge in [0.2, 0.25) is 5.91 Å². The first-order valence-electron chi connectivity index (χ1n) is 16.5. The van der Waals surface area contributed by atoms with Crippen LogP contribution in [0.15, 0.2) is 66.7 Å². The fraction of sp³-hybridized carbons (Fsp3) is 0.342. The number of aromatic nitrogens is 1. The lowest BCUT2D eigenvalue weighted by Gasteiger charge is -2.40. The van der Waals surface area contributed by atoms with Crippen molar-refractivity contribution in [2.45, 2.75) is 69.4 Å². The second-order valence-corrected chi connectivity index (χ2v) is 12.8. The largest absolute Gasteiger partial charge is 0.497 e. The van der Waals surface area contributed by atoms with Crippen molar-refractivity contribution in [1.82, 2.24) is 9.88 Å². The Morgan fingerprint density at radius 3 is 2.47 bits per heavy atom. The van der Waals surface area contributed by atoms with Gasteiger partial charge in [-0.1, -0.05) is 37.5 Å². The molecule has 3 aliphatic rings. The van der Waals surface area contributed by atoms with Crippen molar-refractivity contribution in [3.63, 3.8) is 0 Å². The van der Waals surface area contributed by atoms with Crippen LogP contribution in [0.25, 0.3) is 28.2 Å². The van der Waals surface area contributed by atoms with Crippen LogP contribution >= 0.6 is 0 Å². The van der Waals surface area contributed by atoms with Gasteiger partial charge in [-0.2, -0.15) is 0 Å². The van der Waals surface area contributed by atoms with Gasteiger partial charge in [0.25, 0.3) is 5.91 Å². The number of carboxylic acids is 1. The zero-order valence-corrected chi connectivity index (χ0v) is 26.5. The fourth-order valence-electron chi connectivity index (χ4n) is 7.36. The summed E-state index contributed by atoms with van der Waals surface area (Å²) in [6.45, 7) is 1.15. The van der Waals surface area contributed by atoms with Gasteiger partial charge in [-0.15, -0.1) is 0 Å². The number of anilines is 1. The van der Waals surface area contributed by atoms with Crippen molar-refractivity contribution in [3.8, 4) is 22.8 Å². The van der Waals surface area contributed by atoms with Crippen LogP contribution in [0.3, 0.4) is 0 Å². The maximum absolute atomic E-state index is 13.8. The highest BCUT2D eigenvalue weighted by Crippen LogP contribution is 2.48. The van der Waals surface area contributed by atoms with Crippen LogP contribution in [0.2, 0.25) is 0 Å². The summed E-state index contributed by atoms with van der Waals surface area (Å²) in [4.78, 5) is 38.2. The molecular formula is C38H39N3O6. The van der Waals surface area contributed by atoms with E-state index in [-0.39, 0.29) is 11.8 Å². The molecule has 2 aliphatic carbocycles. The first-order valence-corrected chi connectivity index (χ1v) is 16.5. The number of carbonyl (C=O) groups is 3. The standard InChI is InChI=1S/C38H39N3O6/c1-46-28-14-16-30-32(23-28)47-21-20-41-31-22-26(11-15-29(31)34(35(30)41)25-6-3-2-4-7-25)36(44)40-38(18-5-19-38)37(45)39-27-12-8-24(9-13-27)10-17-33(42)43/h8-17,22-23,25H,2-7,18-21H2,1H3,(H,39,45)(H,40,44)(H,42,43). The van der Waals surface area contributed by atoms with E-state index >= 15 is 0 Å². The maximum atomic E-state index is 13.8. The molecule has 2 amide bonds. The van der Waals surface area contributed by atoms with Gasteiger partial charge in [-0.05, 0) is 91.6 Å². The molecule has 7 rings (SSSR count). The van der Waals surface area contributed by atoms with Crippen molar-refractivity contribution in [2.24, 2.45) is 0 Å². The molecule has 3 aromatic carbocycles. The van der Waals surface area contributed by atoms with Gasteiger partial charge in [-0.25, -0.2) is 4.79 Å². The molecule has 0 radical (unpaired) electrons. The Bertz CT molecular complexity index is 1880. The first kappa shape index (κ1) is 30.6. The van der Waals surface area contributed by atoms with E-state index in [1.807, 2.05) is 24.3 Å². The number of amides is 2. The number of nitrogens with one attached hydrogen (secondary N) is 2. The number of hydrogen-bond acceptors (Lipinski definition) is 5. The number of hydrogen-bond donors (Lipinski definition) is 3. The van der Waals surface area contributed by atoms with Gasteiger partial charge in [0.1, 0.15) is 23.6 Å². The third-order valence-corrected chi connectivity index (χ3v) is 9.98. The lowest BCUT2D eigenvalue weighted by atomic mass is 9.75. The molecule has 2 saturated carbocycles.